The van der Waals surface area contributed by atoms with Gasteiger partial charge in [-0.25, -0.2) is 0 Å². The molecule has 12 rings (SSSR count). The minimum Gasteiger partial charge on any atom is -0.309 e. The van der Waals surface area contributed by atoms with Crippen molar-refractivity contribution in [1.82, 2.24) is 0 Å². The summed E-state index contributed by atoms with van der Waals surface area (Å²) >= 11 is 2.04. The van der Waals surface area contributed by atoms with E-state index in [0.717, 1.165) is 0 Å². The van der Waals surface area contributed by atoms with E-state index in [2.05, 4.69) is 212 Å². The first-order chi connectivity index (χ1) is 30.7. The lowest BCUT2D eigenvalue weighted by Gasteiger charge is -2.50. The molecule has 3 heterocycles. The summed E-state index contributed by atoms with van der Waals surface area (Å²) in [6.45, 7) is 19.5. The van der Waals surface area contributed by atoms with E-state index in [-0.39, 0.29) is 28.4 Å². The molecule has 2 aliphatic carbocycles. The van der Waals surface area contributed by atoms with Crippen molar-refractivity contribution in [2.45, 2.75) is 103 Å². The Bertz CT molecular complexity index is 3170. The third-order valence-electron chi connectivity index (χ3n) is 16.4. The average molecular weight is 848 g/mol. The highest BCUT2D eigenvalue weighted by Crippen LogP contribution is 2.68. The van der Waals surface area contributed by atoms with E-state index in [1.807, 2.05) is 11.3 Å². The van der Waals surface area contributed by atoms with Gasteiger partial charge in [0.15, 0.2) is 0 Å². The Morgan fingerprint density at radius 1 is 0.578 bits per heavy atom. The number of hydrogen-bond acceptors (Lipinski definition) is 2. The van der Waals surface area contributed by atoms with Crippen molar-refractivity contribution in [2.75, 3.05) is 4.90 Å². The molecule has 3 unspecified atom stereocenters. The van der Waals surface area contributed by atoms with Crippen molar-refractivity contribution >= 4 is 60.9 Å². The molecule has 2 aliphatic heterocycles. The summed E-state index contributed by atoms with van der Waals surface area (Å²) in [4.78, 5) is 2.75. The van der Waals surface area contributed by atoms with Crippen LogP contribution in [0, 0.1) is 5.41 Å². The van der Waals surface area contributed by atoms with Crippen LogP contribution in [0.3, 0.4) is 0 Å². The molecule has 8 aromatic rings. The molecular weight excluding hydrogens is 790 g/mol. The predicted molar refractivity (Wildman–Crippen MR) is 277 cm³/mol. The lowest BCUT2D eigenvalue weighted by molar-refractivity contribution is 0.0926. The van der Waals surface area contributed by atoms with Gasteiger partial charge in [0, 0.05) is 32.0 Å². The monoisotopic (exact) mass is 847 g/mol. The summed E-state index contributed by atoms with van der Waals surface area (Å²) in [6.07, 6.45) is 5.03. The first-order valence-corrected chi connectivity index (χ1v) is 24.6. The first kappa shape index (κ1) is 39.9. The Hall–Kier alpha value is -5.64. The van der Waals surface area contributed by atoms with E-state index in [0.29, 0.717) is 5.92 Å². The molecule has 3 heteroatoms. The third-order valence-corrected chi connectivity index (χ3v) is 17.6. The van der Waals surface area contributed by atoms with Gasteiger partial charge in [-0.3, -0.25) is 0 Å². The van der Waals surface area contributed by atoms with Crippen LogP contribution >= 0.6 is 11.3 Å². The number of rotatable bonds is 4. The maximum atomic E-state index is 2.75. The molecule has 3 atom stereocenters. The van der Waals surface area contributed by atoms with Gasteiger partial charge in [0.25, 0.3) is 6.71 Å². The van der Waals surface area contributed by atoms with Crippen molar-refractivity contribution in [3.8, 4) is 33.4 Å². The van der Waals surface area contributed by atoms with Crippen LogP contribution in [0.25, 0.3) is 43.5 Å². The second kappa shape index (κ2) is 13.9. The maximum absolute atomic E-state index is 2.75. The van der Waals surface area contributed by atoms with Crippen molar-refractivity contribution < 1.29 is 0 Å². The van der Waals surface area contributed by atoms with Crippen LogP contribution < -0.4 is 20.6 Å². The molecule has 1 aromatic heterocycles. The smallest absolute Gasteiger partial charge is 0.260 e. The van der Waals surface area contributed by atoms with E-state index in [4.69, 9.17) is 0 Å². The van der Waals surface area contributed by atoms with E-state index in [9.17, 15) is 0 Å². The highest BCUT2D eigenvalue weighted by molar-refractivity contribution is 7.33. The molecule has 0 amide bonds. The van der Waals surface area contributed by atoms with Crippen LogP contribution in [0.5, 0.6) is 0 Å². The van der Waals surface area contributed by atoms with Gasteiger partial charge in [0.1, 0.15) is 0 Å². The Kier molecular flexibility index (Phi) is 8.69. The van der Waals surface area contributed by atoms with Crippen molar-refractivity contribution in [3.05, 3.63) is 179 Å². The molecule has 0 radical (unpaired) electrons. The second-order valence-electron chi connectivity index (χ2n) is 22.0. The standard InChI is InChI=1S/C61H58BNS/c1-58(2,3)43-26-28-50(45(36-43)40-24-16-11-17-25-40)63-51-35-41(38-20-12-9-13-21-38)32-47-54-53-48(60(7)30-18-19-31-61(54,60)8)33-42(39-22-14-10-15-23-39)34-49(53)62(55(47)51)57-56(63)46-37-44(59(4,5)6)27-29-52(46)64-57/h9-17,20-29,32-37,54H,18-19,30-31H2,1-8H3. The fraction of sp³-hybridized carbons (Fsp3) is 0.279. The molecule has 0 bridgehead atoms. The minimum absolute atomic E-state index is 0.00169. The lowest BCUT2D eigenvalue weighted by atomic mass is 9.33. The zero-order valence-corrected chi connectivity index (χ0v) is 39.6. The SMILES string of the molecule is CC(C)(C)c1ccc(N2c3cc(-c4ccccc4)cc4c3B(c3cc(-c5ccccc5)cc5c3C4C3(C)CCCCC53C)c3sc4ccc(C(C)(C)C)cc4c32)c(-c2ccccc2)c1. The Morgan fingerprint density at radius 3 is 1.83 bits per heavy atom. The lowest BCUT2D eigenvalue weighted by Crippen LogP contribution is -2.61. The summed E-state index contributed by atoms with van der Waals surface area (Å²) in [5, 5.41) is 1.36. The predicted octanol–water partition coefficient (Wildman–Crippen LogP) is 15.1. The number of hydrogen-bond donors (Lipinski definition) is 0. The topological polar surface area (TPSA) is 3.24 Å². The van der Waals surface area contributed by atoms with Gasteiger partial charge in [-0.05, 0) is 126 Å². The van der Waals surface area contributed by atoms with E-state index < -0.39 is 0 Å². The Balaban J connectivity index is 1.26. The summed E-state index contributed by atoms with van der Waals surface area (Å²) < 4.78 is 2.83. The normalized spacial score (nSPS) is 20.8. The zero-order valence-electron chi connectivity index (χ0n) is 38.8. The molecule has 0 spiro atoms. The van der Waals surface area contributed by atoms with Crippen LogP contribution in [-0.2, 0) is 16.2 Å². The van der Waals surface area contributed by atoms with Gasteiger partial charge >= 0.3 is 0 Å². The van der Waals surface area contributed by atoms with Crippen molar-refractivity contribution in [3.63, 3.8) is 0 Å². The quantitative estimate of drug-likeness (QED) is 0.160. The Labute approximate surface area is 385 Å². The van der Waals surface area contributed by atoms with Gasteiger partial charge in [0.05, 0.1) is 11.4 Å². The molecule has 0 saturated heterocycles. The zero-order chi connectivity index (χ0) is 43.9. The summed E-state index contributed by atoms with van der Waals surface area (Å²) in [7, 11) is 0. The van der Waals surface area contributed by atoms with Gasteiger partial charge in [-0.1, -0.05) is 195 Å². The average Bonchev–Trinajstić information content (AvgIpc) is 3.77. The maximum Gasteiger partial charge on any atom is 0.260 e. The first-order valence-electron chi connectivity index (χ1n) is 23.8. The number of fused-ring (bicyclic) bond motifs is 9. The largest absolute Gasteiger partial charge is 0.309 e. The second-order valence-corrected chi connectivity index (χ2v) is 23.1. The fourth-order valence-corrected chi connectivity index (χ4v) is 14.1. The van der Waals surface area contributed by atoms with Gasteiger partial charge in [-0.2, -0.15) is 0 Å². The molecule has 4 aliphatic rings. The number of anilines is 3. The molecular formula is C61H58BNS. The molecule has 1 saturated carbocycles. The van der Waals surface area contributed by atoms with E-state index in [1.54, 1.807) is 16.7 Å². The molecule has 1 fully saturated rings. The molecule has 64 heavy (non-hydrogen) atoms. The van der Waals surface area contributed by atoms with Crippen LogP contribution in [0.1, 0.15) is 115 Å². The van der Waals surface area contributed by atoms with Crippen LogP contribution in [-0.4, -0.2) is 6.71 Å². The van der Waals surface area contributed by atoms with Crippen LogP contribution in [0.4, 0.5) is 17.1 Å². The number of nitrogens with zero attached hydrogens (tertiary/aromatic N) is 1. The number of benzene rings is 7. The molecule has 1 nitrogen and oxygen atoms in total. The minimum atomic E-state index is -0.00820. The van der Waals surface area contributed by atoms with Gasteiger partial charge in [0.2, 0.25) is 0 Å². The summed E-state index contributed by atoms with van der Waals surface area (Å²) in [5.41, 5.74) is 22.4. The fourth-order valence-electron chi connectivity index (χ4n) is 12.8. The van der Waals surface area contributed by atoms with Crippen molar-refractivity contribution in [2.24, 2.45) is 5.41 Å². The highest BCUT2D eigenvalue weighted by atomic mass is 32.1. The van der Waals surface area contributed by atoms with E-state index >= 15 is 0 Å². The highest BCUT2D eigenvalue weighted by Gasteiger charge is 2.62. The van der Waals surface area contributed by atoms with Crippen LogP contribution in [0.2, 0.25) is 0 Å². The molecule has 7 aromatic carbocycles. The molecule has 316 valence electrons. The Morgan fingerprint density at radius 2 is 1.17 bits per heavy atom. The molecule has 0 N–H and O–H groups in total. The third kappa shape index (κ3) is 5.68. The summed E-state index contributed by atoms with van der Waals surface area (Å²) in [6, 6.07) is 58.9. The van der Waals surface area contributed by atoms with Crippen molar-refractivity contribution in [1.29, 1.82) is 0 Å². The summed E-state index contributed by atoms with van der Waals surface area (Å²) in [5.74, 6) is 0.295. The van der Waals surface area contributed by atoms with Gasteiger partial charge in [-0.15, -0.1) is 11.3 Å². The van der Waals surface area contributed by atoms with E-state index in [1.165, 1.54) is 113 Å². The van der Waals surface area contributed by atoms with Crippen LogP contribution in [0.15, 0.2) is 152 Å². The van der Waals surface area contributed by atoms with Gasteiger partial charge < -0.3 is 4.90 Å². The number of thiophene rings is 1.